The van der Waals surface area contributed by atoms with Crippen LogP contribution in [-0.2, 0) is 19.1 Å². The monoisotopic (exact) mass is 364 g/mol. The summed E-state index contributed by atoms with van der Waals surface area (Å²) in [4.78, 5) is 25.6. The highest BCUT2D eigenvalue weighted by Gasteiger charge is 2.59. The van der Waals surface area contributed by atoms with E-state index in [2.05, 4.69) is 0 Å². The van der Waals surface area contributed by atoms with Crippen LogP contribution in [-0.4, -0.2) is 25.2 Å². The minimum atomic E-state index is -0.608. The third kappa shape index (κ3) is 3.80. The third-order valence-corrected chi connectivity index (χ3v) is 7.82. The van der Waals surface area contributed by atoms with Gasteiger partial charge in [0.1, 0.15) is 0 Å². The second-order valence-electron chi connectivity index (χ2n) is 9.67. The van der Waals surface area contributed by atoms with E-state index in [1.165, 1.54) is 51.4 Å². The van der Waals surface area contributed by atoms with E-state index in [-0.39, 0.29) is 17.9 Å². The summed E-state index contributed by atoms with van der Waals surface area (Å²) in [7, 11) is 0. The van der Waals surface area contributed by atoms with Crippen molar-refractivity contribution in [2.75, 3.05) is 13.2 Å². The smallest absolute Gasteiger partial charge is 0.312 e. The zero-order valence-corrected chi connectivity index (χ0v) is 16.9. The first-order valence-corrected chi connectivity index (χ1v) is 10.7. The molecule has 0 aromatic heterocycles. The Hall–Kier alpha value is -1.06. The zero-order chi connectivity index (χ0) is 18.8. The number of esters is 2. The van der Waals surface area contributed by atoms with Crippen LogP contribution in [0.25, 0.3) is 0 Å². The molecule has 3 aliphatic rings. The molecule has 0 radical (unpaired) electrons. The molecule has 0 amide bonds. The van der Waals surface area contributed by atoms with Crippen molar-refractivity contribution in [2.45, 2.75) is 85.0 Å². The summed E-state index contributed by atoms with van der Waals surface area (Å²) in [5.41, 5.74) is -1.05. The fraction of sp³-hybridized carbons (Fsp3) is 0.909. The molecule has 0 spiro atoms. The van der Waals surface area contributed by atoms with Crippen LogP contribution in [0.4, 0.5) is 0 Å². The van der Waals surface area contributed by atoms with Crippen LogP contribution in [0.3, 0.4) is 0 Å². The second-order valence-corrected chi connectivity index (χ2v) is 9.67. The van der Waals surface area contributed by atoms with Gasteiger partial charge in [-0.05, 0) is 62.7 Å². The van der Waals surface area contributed by atoms with E-state index < -0.39 is 10.8 Å². The minimum Gasteiger partial charge on any atom is -0.465 e. The third-order valence-electron chi connectivity index (χ3n) is 7.82. The van der Waals surface area contributed by atoms with Crippen LogP contribution in [0.5, 0.6) is 0 Å². The van der Waals surface area contributed by atoms with E-state index in [1.807, 2.05) is 20.8 Å². The van der Waals surface area contributed by atoms with Gasteiger partial charge in [0.15, 0.2) is 0 Å². The number of carbonyl (C=O) groups is 2. The van der Waals surface area contributed by atoms with E-state index >= 15 is 0 Å². The molecule has 3 saturated carbocycles. The van der Waals surface area contributed by atoms with E-state index in [9.17, 15) is 9.59 Å². The molecule has 4 nitrogen and oxygen atoms in total. The van der Waals surface area contributed by atoms with E-state index in [0.717, 1.165) is 0 Å². The summed E-state index contributed by atoms with van der Waals surface area (Å²) in [5.74, 6) is 0.605. The molecule has 3 aliphatic carbocycles. The Kier molecular flexibility index (Phi) is 5.98. The Labute approximate surface area is 158 Å². The first-order valence-electron chi connectivity index (χ1n) is 10.7. The number of rotatable bonds is 6. The number of carbonyl (C=O) groups excluding carboxylic acids is 2. The van der Waals surface area contributed by atoms with Crippen molar-refractivity contribution in [3.63, 3.8) is 0 Å². The molecule has 2 unspecified atom stereocenters. The highest BCUT2D eigenvalue weighted by Crippen LogP contribution is 2.57. The second kappa shape index (κ2) is 7.90. The van der Waals surface area contributed by atoms with E-state index in [4.69, 9.17) is 9.47 Å². The first kappa shape index (κ1) is 19.7. The van der Waals surface area contributed by atoms with Gasteiger partial charge < -0.3 is 9.47 Å². The predicted octanol–water partition coefficient (Wildman–Crippen LogP) is 4.90. The largest absolute Gasteiger partial charge is 0.465 e. The Morgan fingerprint density at radius 3 is 1.85 bits per heavy atom. The fourth-order valence-electron chi connectivity index (χ4n) is 5.29. The average molecular weight is 365 g/mol. The van der Waals surface area contributed by atoms with Crippen molar-refractivity contribution in [1.29, 1.82) is 0 Å². The number of ether oxygens (including phenoxy) is 2. The van der Waals surface area contributed by atoms with E-state index in [1.54, 1.807) is 0 Å². The van der Waals surface area contributed by atoms with Crippen molar-refractivity contribution < 1.29 is 19.1 Å². The maximum absolute atomic E-state index is 12.9. The van der Waals surface area contributed by atoms with Gasteiger partial charge in [0, 0.05) is 0 Å². The van der Waals surface area contributed by atoms with Gasteiger partial charge in [-0.2, -0.15) is 0 Å². The zero-order valence-electron chi connectivity index (χ0n) is 16.9. The van der Waals surface area contributed by atoms with Crippen molar-refractivity contribution >= 4 is 11.9 Å². The molecule has 2 atom stereocenters. The first-order chi connectivity index (χ1) is 12.3. The molecular weight excluding hydrogens is 328 g/mol. The molecule has 0 aromatic rings. The lowest BCUT2D eigenvalue weighted by Crippen LogP contribution is -2.44. The summed E-state index contributed by atoms with van der Waals surface area (Å²) >= 11 is 0. The van der Waals surface area contributed by atoms with Gasteiger partial charge in [0.05, 0.1) is 24.5 Å². The van der Waals surface area contributed by atoms with Gasteiger partial charge in [-0.1, -0.05) is 39.5 Å². The van der Waals surface area contributed by atoms with Crippen molar-refractivity contribution in [1.82, 2.24) is 0 Å². The lowest BCUT2D eigenvalue weighted by atomic mass is 9.65. The Bertz CT molecular complexity index is 514. The lowest BCUT2D eigenvalue weighted by Gasteiger charge is -2.39. The van der Waals surface area contributed by atoms with Crippen LogP contribution >= 0.6 is 0 Å². The SMILES string of the molecule is CC1(C(=O)OCC2CCCC2)CCC(C(=O)OCC2CCCC2)C1(C)C. The van der Waals surface area contributed by atoms with Crippen molar-refractivity contribution in [2.24, 2.45) is 28.6 Å². The molecule has 0 aliphatic heterocycles. The molecule has 0 heterocycles. The molecular formula is C22H36O4. The quantitative estimate of drug-likeness (QED) is 0.629. The normalized spacial score (nSPS) is 32.0. The molecule has 3 fully saturated rings. The molecule has 4 heteroatoms. The lowest BCUT2D eigenvalue weighted by molar-refractivity contribution is -0.166. The van der Waals surface area contributed by atoms with Gasteiger partial charge in [0.25, 0.3) is 0 Å². The topological polar surface area (TPSA) is 52.6 Å². The summed E-state index contributed by atoms with van der Waals surface area (Å²) in [6.07, 6.45) is 11.1. The highest BCUT2D eigenvalue weighted by molar-refractivity contribution is 5.82. The standard InChI is InChI=1S/C22H36O4/c1-21(2)18(19(23)25-14-16-8-4-5-9-16)12-13-22(21,3)20(24)26-15-17-10-6-7-11-17/h16-18H,4-15H2,1-3H3. The molecule has 0 aromatic carbocycles. The van der Waals surface area contributed by atoms with Crippen LogP contribution < -0.4 is 0 Å². The molecule has 148 valence electrons. The van der Waals surface area contributed by atoms with Crippen molar-refractivity contribution in [3.05, 3.63) is 0 Å². The van der Waals surface area contributed by atoms with E-state index in [0.29, 0.717) is 37.9 Å². The van der Waals surface area contributed by atoms with Gasteiger partial charge >= 0.3 is 11.9 Å². The molecule has 0 saturated heterocycles. The highest BCUT2D eigenvalue weighted by atomic mass is 16.5. The average Bonchev–Trinajstić information content (AvgIpc) is 3.33. The fourth-order valence-corrected chi connectivity index (χ4v) is 5.29. The Balaban J connectivity index is 1.56. The van der Waals surface area contributed by atoms with Crippen LogP contribution in [0.2, 0.25) is 0 Å². The predicted molar refractivity (Wildman–Crippen MR) is 100 cm³/mol. The molecule has 0 bridgehead atoms. The molecule has 26 heavy (non-hydrogen) atoms. The van der Waals surface area contributed by atoms with Gasteiger partial charge in [-0.25, -0.2) is 0 Å². The minimum absolute atomic E-state index is 0.116. The Morgan fingerprint density at radius 1 is 0.808 bits per heavy atom. The summed E-state index contributed by atoms with van der Waals surface area (Å²) in [6, 6.07) is 0. The van der Waals surface area contributed by atoms with Crippen LogP contribution in [0.15, 0.2) is 0 Å². The van der Waals surface area contributed by atoms with Gasteiger partial charge in [0.2, 0.25) is 0 Å². The van der Waals surface area contributed by atoms with Gasteiger partial charge in [-0.3, -0.25) is 9.59 Å². The Morgan fingerprint density at radius 2 is 1.31 bits per heavy atom. The summed E-state index contributed by atoms with van der Waals surface area (Å²) in [5, 5.41) is 0. The van der Waals surface area contributed by atoms with Gasteiger partial charge in [-0.15, -0.1) is 0 Å². The maximum Gasteiger partial charge on any atom is 0.312 e. The van der Waals surface area contributed by atoms with Crippen LogP contribution in [0, 0.1) is 28.6 Å². The molecule has 0 N–H and O–H groups in total. The maximum atomic E-state index is 12.9. The van der Waals surface area contributed by atoms with Crippen LogP contribution in [0.1, 0.15) is 85.0 Å². The summed E-state index contributed by atoms with van der Waals surface area (Å²) in [6.45, 7) is 7.15. The summed E-state index contributed by atoms with van der Waals surface area (Å²) < 4.78 is 11.4. The molecule has 3 rings (SSSR count). The van der Waals surface area contributed by atoms with Crippen molar-refractivity contribution in [3.8, 4) is 0 Å². The number of hydrogen-bond donors (Lipinski definition) is 0. The number of hydrogen-bond acceptors (Lipinski definition) is 4.